The highest BCUT2D eigenvalue weighted by molar-refractivity contribution is 9.10. The van der Waals surface area contributed by atoms with Crippen LogP contribution in [0.5, 0.6) is 5.75 Å². The van der Waals surface area contributed by atoms with E-state index in [-0.39, 0.29) is 11.5 Å². The normalized spacial score (nSPS) is 16.2. The lowest BCUT2D eigenvalue weighted by Crippen LogP contribution is -2.27. The molecule has 5 nitrogen and oxygen atoms in total. The molecule has 0 bridgehead atoms. The smallest absolute Gasteiger partial charge is 0.339 e. The van der Waals surface area contributed by atoms with E-state index in [2.05, 4.69) is 15.9 Å². The van der Waals surface area contributed by atoms with E-state index in [1.807, 2.05) is 31.2 Å². The summed E-state index contributed by atoms with van der Waals surface area (Å²) < 4.78 is 1.26. The van der Waals surface area contributed by atoms with Crippen LogP contribution in [0, 0.1) is 0 Å². The predicted octanol–water partition coefficient (Wildman–Crippen LogP) is 4.65. The van der Waals surface area contributed by atoms with Gasteiger partial charge in [-0.3, -0.25) is 9.69 Å². The highest BCUT2D eigenvalue weighted by Gasteiger charge is 2.35. The minimum Gasteiger partial charge on any atom is -0.507 e. The number of carbonyl (C=O) groups excluding carboxylic acids is 1. The van der Waals surface area contributed by atoms with Crippen LogP contribution >= 0.6 is 39.9 Å². The number of carboxylic acid groups (broad SMARTS) is 1. The van der Waals surface area contributed by atoms with Gasteiger partial charge in [-0.1, -0.05) is 52.0 Å². The number of anilines is 1. The molecule has 3 rings (SSSR count). The van der Waals surface area contributed by atoms with Gasteiger partial charge in [-0.15, -0.1) is 0 Å². The number of benzene rings is 2. The summed E-state index contributed by atoms with van der Waals surface area (Å²) in [5.74, 6) is -1.97. The quantitative estimate of drug-likeness (QED) is 0.524. The minimum atomic E-state index is -1.24. The molecule has 8 heteroatoms. The maximum atomic E-state index is 12.9. The number of allylic oxidation sites excluding steroid dienone is 1. The molecule has 1 aliphatic rings. The van der Waals surface area contributed by atoms with Crippen LogP contribution in [0.1, 0.15) is 22.8 Å². The zero-order chi connectivity index (χ0) is 19.0. The fourth-order valence-electron chi connectivity index (χ4n) is 2.49. The second-order valence-electron chi connectivity index (χ2n) is 5.48. The third kappa shape index (κ3) is 3.40. The third-order valence-corrected chi connectivity index (χ3v) is 5.86. The van der Waals surface area contributed by atoms with Crippen molar-refractivity contribution in [1.82, 2.24) is 0 Å². The molecule has 0 saturated carbocycles. The van der Waals surface area contributed by atoms with Gasteiger partial charge in [0, 0.05) is 10.5 Å². The van der Waals surface area contributed by atoms with Gasteiger partial charge in [0.1, 0.15) is 11.3 Å². The molecule has 1 aliphatic heterocycles. The van der Waals surface area contributed by atoms with Gasteiger partial charge in [0.25, 0.3) is 5.91 Å². The van der Waals surface area contributed by atoms with E-state index >= 15 is 0 Å². The third-order valence-electron chi connectivity index (χ3n) is 3.86. The number of phenols is 1. The second kappa shape index (κ2) is 7.22. The fourth-order valence-corrected chi connectivity index (χ4v) is 4.10. The van der Waals surface area contributed by atoms with Crippen molar-refractivity contribution >= 4 is 67.4 Å². The Hall–Kier alpha value is -2.16. The van der Waals surface area contributed by atoms with Gasteiger partial charge in [-0.2, -0.15) is 0 Å². The maximum absolute atomic E-state index is 12.9. The molecular weight excluding hydrogens is 438 g/mol. The monoisotopic (exact) mass is 449 g/mol. The Bertz CT molecular complexity index is 970. The average molecular weight is 450 g/mol. The molecule has 0 radical (unpaired) electrons. The minimum absolute atomic E-state index is 0.235. The Morgan fingerprint density at radius 1 is 1.19 bits per heavy atom. The molecule has 0 spiro atoms. The molecule has 1 heterocycles. The van der Waals surface area contributed by atoms with Gasteiger partial charge >= 0.3 is 5.97 Å². The number of thiocarbonyl (C=S) groups is 1. The van der Waals surface area contributed by atoms with Crippen LogP contribution in [-0.2, 0) is 4.79 Å². The van der Waals surface area contributed by atoms with Crippen LogP contribution < -0.4 is 4.90 Å². The Kier molecular flexibility index (Phi) is 5.17. The van der Waals surface area contributed by atoms with E-state index in [9.17, 15) is 14.7 Å². The van der Waals surface area contributed by atoms with E-state index in [0.717, 1.165) is 15.6 Å². The lowest BCUT2D eigenvalue weighted by atomic mass is 10.1. The summed E-state index contributed by atoms with van der Waals surface area (Å²) in [7, 11) is 0. The van der Waals surface area contributed by atoms with Crippen molar-refractivity contribution in [3.8, 4) is 5.75 Å². The maximum Gasteiger partial charge on any atom is 0.339 e. The number of halogens is 1. The summed E-state index contributed by atoms with van der Waals surface area (Å²) in [4.78, 5) is 25.7. The molecular formula is C18H12BrNO4S2. The number of amides is 1. The molecule has 0 aromatic heterocycles. The van der Waals surface area contributed by atoms with Crippen molar-refractivity contribution in [2.75, 3.05) is 4.90 Å². The molecule has 1 saturated heterocycles. The van der Waals surface area contributed by atoms with Gasteiger partial charge in [-0.05, 0) is 42.3 Å². The Balaban J connectivity index is 1.99. The molecule has 26 heavy (non-hydrogen) atoms. The van der Waals surface area contributed by atoms with Crippen molar-refractivity contribution in [1.29, 1.82) is 0 Å². The molecule has 1 fully saturated rings. The number of hydrogen-bond donors (Lipinski definition) is 2. The summed E-state index contributed by atoms with van der Waals surface area (Å²) in [5.41, 5.74) is 1.79. The van der Waals surface area contributed by atoms with Crippen molar-refractivity contribution in [2.24, 2.45) is 0 Å². The van der Waals surface area contributed by atoms with Gasteiger partial charge in [0.2, 0.25) is 0 Å². The first-order valence-corrected chi connectivity index (χ1v) is 9.40. The Morgan fingerprint density at radius 2 is 1.85 bits per heavy atom. The van der Waals surface area contributed by atoms with Crippen molar-refractivity contribution in [2.45, 2.75) is 6.92 Å². The van der Waals surface area contributed by atoms with Crippen molar-refractivity contribution in [3.05, 3.63) is 63.0 Å². The fraction of sp³-hybridized carbons (Fsp3) is 0.0556. The summed E-state index contributed by atoms with van der Waals surface area (Å²) in [5, 5.41) is 18.9. The van der Waals surface area contributed by atoms with E-state index < -0.39 is 11.7 Å². The van der Waals surface area contributed by atoms with Crippen molar-refractivity contribution < 1.29 is 19.8 Å². The molecule has 0 atom stereocenters. The van der Waals surface area contributed by atoms with E-state index in [1.54, 1.807) is 0 Å². The zero-order valence-corrected chi connectivity index (χ0v) is 16.6. The number of aromatic hydroxyl groups is 1. The summed E-state index contributed by atoms with van der Waals surface area (Å²) >= 11 is 9.88. The van der Waals surface area contributed by atoms with Crippen LogP contribution in [0.2, 0.25) is 0 Å². The molecule has 2 aromatic carbocycles. The number of thioether (sulfide) groups is 1. The Labute approximate surface area is 167 Å². The lowest BCUT2D eigenvalue weighted by Gasteiger charge is -2.15. The summed E-state index contributed by atoms with van der Waals surface area (Å²) in [6.45, 7) is 1.85. The first-order valence-electron chi connectivity index (χ1n) is 7.39. The van der Waals surface area contributed by atoms with E-state index in [1.165, 1.54) is 34.9 Å². The van der Waals surface area contributed by atoms with Crippen LogP contribution in [0.15, 0.2) is 51.8 Å². The lowest BCUT2D eigenvalue weighted by molar-refractivity contribution is -0.113. The molecule has 132 valence electrons. The largest absolute Gasteiger partial charge is 0.507 e. The van der Waals surface area contributed by atoms with Gasteiger partial charge in [0.05, 0.1) is 10.6 Å². The average Bonchev–Trinajstić information content (AvgIpc) is 2.89. The van der Waals surface area contributed by atoms with Gasteiger partial charge < -0.3 is 10.2 Å². The standard InChI is InChI=1S/C18H12BrNO4S2/c1-9(10-2-4-11(19)5-3-10)15-16(22)20(18(25)26-15)12-6-7-13(17(23)24)14(21)8-12/h2-8,21H,1H3,(H,23,24)/b15-9-. The number of carbonyl (C=O) groups is 2. The molecule has 0 aliphatic carbocycles. The van der Waals surface area contributed by atoms with Crippen LogP contribution in [-0.4, -0.2) is 26.4 Å². The first kappa shape index (κ1) is 18.6. The number of hydrogen-bond acceptors (Lipinski definition) is 5. The SMILES string of the molecule is C/C(=C1/SC(=S)N(c2ccc(C(=O)O)c(O)c2)C1=O)c1ccc(Br)cc1. The number of nitrogens with zero attached hydrogens (tertiary/aromatic N) is 1. The number of aromatic carboxylic acids is 1. The highest BCUT2D eigenvalue weighted by atomic mass is 79.9. The molecule has 1 amide bonds. The van der Waals surface area contributed by atoms with Crippen LogP contribution in [0.25, 0.3) is 5.57 Å². The van der Waals surface area contributed by atoms with Crippen LogP contribution in [0.4, 0.5) is 5.69 Å². The summed E-state index contributed by atoms with van der Waals surface area (Å²) in [6, 6.07) is 11.5. The Morgan fingerprint density at radius 3 is 2.42 bits per heavy atom. The second-order valence-corrected chi connectivity index (χ2v) is 8.04. The summed E-state index contributed by atoms with van der Waals surface area (Å²) in [6.07, 6.45) is 0. The molecule has 0 unspecified atom stereocenters. The molecule has 2 aromatic rings. The number of rotatable bonds is 3. The van der Waals surface area contributed by atoms with Crippen molar-refractivity contribution in [3.63, 3.8) is 0 Å². The highest BCUT2D eigenvalue weighted by Crippen LogP contribution is 2.40. The topological polar surface area (TPSA) is 77.8 Å². The van der Waals surface area contributed by atoms with E-state index in [0.29, 0.717) is 14.9 Å². The first-order chi connectivity index (χ1) is 12.3. The van der Waals surface area contributed by atoms with E-state index in [4.69, 9.17) is 17.3 Å². The predicted molar refractivity (Wildman–Crippen MR) is 109 cm³/mol. The zero-order valence-electron chi connectivity index (χ0n) is 13.4. The number of carboxylic acids is 1. The molecule has 2 N–H and O–H groups in total. The van der Waals surface area contributed by atoms with Gasteiger partial charge in [0.15, 0.2) is 4.32 Å². The van der Waals surface area contributed by atoms with Gasteiger partial charge in [-0.25, -0.2) is 4.79 Å². The van der Waals surface area contributed by atoms with Crippen LogP contribution in [0.3, 0.4) is 0 Å².